The first-order valence-electron chi connectivity index (χ1n) is 8.99. The molecule has 0 N–H and O–H groups in total. The topological polar surface area (TPSA) is 52.2 Å². The Hall–Kier alpha value is -1.79. The smallest absolute Gasteiger partial charge is 0.280 e. The fourth-order valence-corrected chi connectivity index (χ4v) is 4.72. The second-order valence-electron chi connectivity index (χ2n) is 6.90. The fraction of sp³-hybridized carbons (Fsp3) is 0.421. The molecule has 1 saturated carbocycles. The first-order valence-corrected chi connectivity index (χ1v) is 10.4. The molecular formula is C19H21ClN4OS. The highest BCUT2D eigenvalue weighted by Gasteiger charge is 2.17. The third-order valence-electron chi connectivity index (χ3n) is 5.05. The van der Waals surface area contributed by atoms with Gasteiger partial charge in [0.2, 0.25) is 5.65 Å². The van der Waals surface area contributed by atoms with E-state index in [1.165, 1.54) is 32.1 Å². The zero-order valence-electron chi connectivity index (χ0n) is 14.7. The number of nitrogens with zero attached hydrogens (tertiary/aromatic N) is 4. The van der Waals surface area contributed by atoms with Crippen LogP contribution in [-0.4, -0.2) is 24.9 Å². The van der Waals surface area contributed by atoms with E-state index in [9.17, 15) is 4.79 Å². The number of hydrogen-bond donors (Lipinski definition) is 0. The first kappa shape index (κ1) is 17.6. The van der Waals surface area contributed by atoms with Crippen LogP contribution in [0.2, 0.25) is 5.02 Å². The van der Waals surface area contributed by atoms with E-state index in [2.05, 4.69) is 10.2 Å². The van der Waals surface area contributed by atoms with Crippen LogP contribution in [0, 0.1) is 12.8 Å². The Balaban J connectivity index is 1.62. The van der Waals surface area contributed by atoms with Crippen molar-refractivity contribution in [1.29, 1.82) is 0 Å². The largest absolute Gasteiger partial charge is 0.300 e. The molecule has 0 spiro atoms. The van der Waals surface area contributed by atoms with E-state index >= 15 is 0 Å². The quantitative estimate of drug-likeness (QED) is 0.617. The molecule has 1 fully saturated rings. The lowest BCUT2D eigenvalue weighted by molar-refractivity contribution is 0.390. The van der Waals surface area contributed by atoms with Crippen LogP contribution in [0.15, 0.2) is 40.5 Å². The van der Waals surface area contributed by atoms with Gasteiger partial charge in [-0.15, -0.1) is 10.2 Å². The molecular weight excluding hydrogens is 368 g/mol. The molecule has 2 aromatic heterocycles. The van der Waals surface area contributed by atoms with Gasteiger partial charge < -0.3 is 0 Å². The Labute approximate surface area is 161 Å². The summed E-state index contributed by atoms with van der Waals surface area (Å²) in [6.45, 7) is 1.94. The van der Waals surface area contributed by atoms with Crippen LogP contribution in [-0.2, 0) is 0 Å². The maximum absolute atomic E-state index is 12.8. The molecule has 0 aliphatic heterocycles. The van der Waals surface area contributed by atoms with Crippen molar-refractivity contribution in [2.75, 3.05) is 5.75 Å². The van der Waals surface area contributed by atoms with Crippen molar-refractivity contribution in [3.8, 4) is 5.69 Å². The highest BCUT2D eigenvalue weighted by atomic mass is 35.5. The second kappa shape index (κ2) is 7.45. The SMILES string of the molecule is Cc1ccc(-n2ccn3c(SCC4CCCCC4)nnc3c2=O)cc1Cl. The molecule has 1 aliphatic carbocycles. The van der Waals surface area contributed by atoms with Gasteiger partial charge in [0, 0.05) is 23.2 Å². The lowest BCUT2D eigenvalue weighted by Gasteiger charge is -2.20. The number of rotatable bonds is 4. The molecule has 0 saturated heterocycles. The summed E-state index contributed by atoms with van der Waals surface area (Å²) in [6.07, 6.45) is 10.2. The van der Waals surface area contributed by atoms with Crippen LogP contribution in [0.25, 0.3) is 11.3 Å². The lowest BCUT2D eigenvalue weighted by atomic mass is 9.91. The van der Waals surface area contributed by atoms with Crippen molar-refractivity contribution in [3.63, 3.8) is 0 Å². The summed E-state index contributed by atoms with van der Waals surface area (Å²) < 4.78 is 3.35. The van der Waals surface area contributed by atoms with E-state index in [4.69, 9.17) is 11.6 Å². The molecule has 0 unspecified atom stereocenters. The highest BCUT2D eigenvalue weighted by Crippen LogP contribution is 2.29. The number of aromatic nitrogens is 4. The van der Waals surface area contributed by atoms with E-state index in [1.807, 2.05) is 25.3 Å². The zero-order chi connectivity index (χ0) is 18.1. The van der Waals surface area contributed by atoms with Crippen molar-refractivity contribution >= 4 is 29.0 Å². The van der Waals surface area contributed by atoms with E-state index < -0.39 is 0 Å². The Kier molecular flexibility index (Phi) is 5.05. The molecule has 5 nitrogen and oxygen atoms in total. The van der Waals surface area contributed by atoms with Crippen LogP contribution in [0.4, 0.5) is 0 Å². The van der Waals surface area contributed by atoms with Crippen LogP contribution < -0.4 is 5.56 Å². The lowest BCUT2D eigenvalue weighted by Crippen LogP contribution is -2.20. The van der Waals surface area contributed by atoms with Crippen LogP contribution in [0.1, 0.15) is 37.7 Å². The van der Waals surface area contributed by atoms with Gasteiger partial charge in [-0.25, -0.2) is 0 Å². The Bertz CT molecular complexity index is 991. The van der Waals surface area contributed by atoms with Crippen molar-refractivity contribution < 1.29 is 0 Å². The van der Waals surface area contributed by atoms with E-state index in [-0.39, 0.29) is 5.56 Å². The van der Waals surface area contributed by atoms with Crippen molar-refractivity contribution in [3.05, 3.63) is 51.5 Å². The highest BCUT2D eigenvalue weighted by molar-refractivity contribution is 7.99. The number of aryl methyl sites for hydroxylation is 1. The molecule has 7 heteroatoms. The second-order valence-corrected chi connectivity index (χ2v) is 8.29. The van der Waals surface area contributed by atoms with Crippen LogP contribution >= 0.6 is 23.4 Å². The Morgan fingerprint density at radius 1 is 1.19 bits per heavy atom. The summed E-state index contributed by atoms with van der Waals surface area (Å²) in [6, 6.07) is 5.59. The maximum Gasteiger partial charge on any atom is 0.300 e. The van der Waals surface area contributed by atoms with Gasteiger partial charge in [0.1, 0.15) is 0 Å². The molecule has 136 valence electrons. The summed E-state index contributed by atoms with van der Waals surface area (Å²) in [5, 5.41) is 9.80. The molecule has 0 atom stereocenters. The summed E-state index contributed by atoms with van der Waals surface area (Å²) in [5.41, 5.74) is 1.86. The van der Waals surface area contributed by atoms with Gasteiger partial charge in [-0.05, 0) is 43.4 Å². The van der Waals surface area contributed by atoms with Crippen LogP contribution in [0.5, 0.6) is 0 Å². The minimum absolute atomic E-state index is 0.190. The maximum atomic E-state index is 12.8. The molecule has 2 heterocycles. The van der Waals surface area contributed by atoms with Crippen LogP contribution in [0.3, 0.4) is 0 Å². The number of benzene rings is 1. The first-order chi connectivity index (χ1) is 12.6. The van der Waals surface area contributed by atoms with Gasteiger partial charge in [0.25, 0.3) is 0 Å². The molecule has 1 aliphatic rings. The predicted molar refractivity (Wildman–Crippen MR) is 106 cm³/mol. The number of hydrogen-bond acceptors (Lipinski definition) is 4. The predicted octanol–water partition coefficient (Wildman–Crippen LogP) is 4.51. The monoisotopic (exact) mass is 388 g/mol. The van der Waals surface area contributed by atoms with Crippen molar-refractivity contribution in [2.24, 2.45) is 5.92 Å². The number of fused-ring (bicyclic) bond motifs is 1. The molecule has 4 rings (SSSR count). The number of halogens is 1. The Morgan fingerprint density at radius 3 is 2.77 bits per heavy atom. The van der Waals surface area contributed by atoms with Gasteiger partial charge in [-0.1, -0.05) is 48.7 Å². The van der Waals surface area contributed by atoms with Crippen molar-refractivity contribution in [2.45, 2.75) is 44.2 Å². The molecule has 0 bridgehead atoms. The van der Waals surface area contributed by atoms with Gasteiger partial charge in [0.15, 0.2) is 5.16 Å². The summed E-state index contributed by atoms with van der Waals surface area (Å²) >= 11 is 7.90. The molecule has 26 heavy (non-hydrogen) atoms. The third-order valence-corrected chi connectivity index (χ3v) is 6.63. The zero-order valence-corrected chi connectivity index (χ0v) is 16.3. The summed E-state index contributed by atoms with van der Waals surface area (Å²) in [5.74, 6) is 1.79. The average Bonchev–Trinajstić information content (AvgIpc) is 3.08. The van der Waals surface area contributed by atoms with Gasteiger partial charge in [-0.3, -0.25) is 13.8 Å². The fourth-order valence-electron chi connectivity index (χ4n) is 3.45. The third kappa shape index (κ3) is 3.40. The molecule has 1 aromatic carbocycles. The summed E-state index contributed by atoms with van der Waals surface area (Å²) in [7, 11) is 0. The summed E-state index contributed by atoms with van der Waals surface area (Å²) in [4.78, 5) is 12.8. The van der Waals surface area contributed by atoms with E-state index in [0.29, 0.717) is 10.7 Å². The standard InChI is InChI=1S/C19H21ClN4OS/c1-13-7-8-15(11-16(13)20)23-9-10-24-17(18(23)25)21-22-19(24)26-12-14-5-3-2-4-6-14/h7-11,14H,2-6,12H2,1H3. The minimum atomic E-state index is -0.190. The van der Waals surface area contributed by atoms with Crippen molar-refractivity contribution in [1.82, 2.24) is 19.2 Å². The van der Waals surface area contributed by atoms with E-state index in [0.717, 1.165) is 28.1 Å². The molecule has 3 aromatic rings. The van der Waals surface area contributed by atoms with E-state index in [1.54, 1.807) is 33.0 Å². The number of thioether (sulfide) groups is 1. The minimum Gasteiger partial charge on any atom is -0.280 e. The van der Waals surface area contributed by atoms with Gasteiger partial charge in [0.05, 0.1) is 5.69 Å². The molecule has 0 amide bonds. The Morgan fingerprint density at radius 2 is 2.00 bits per heavy atom. The van der Waals surface area contributed by atoms with Gasteiger partial charge >= 0.3 is 5.56 Å². The molecule has 0 radical (unpaired) electrons. The normalized spacial score (nSPS) is 15.6. The average molecular weight is 389 g/mol. The van der Waals surface area contributed by atoms with Gasteiger partial charge in [-0.2, -0.15) is 0 Å².